The van der Waals surface area contributed by atoms with Gasteiger partial charge in [-0.05, 0) is 23.4 Å². The molecule has 2 aliphatic rings. The first-order valence-corrected chi connectivity index (χ1v) is 12.4. The van der Waals surface area contributed by atoms with Gasteiger partial charge in [0, 0.05) is 57.2 Å². The first-order valence-electron chi connectivity index (χ1n) is 10.9. The third kappa shape index (κ3) is 4.26. The Bertz CT molecular complexity index is 1140. The second kappa shape index (κ2) is 8.71. The molecule has 1 radical (unpaired) electrons. The van der Waals surface area contributed by atoms with Gasteiger partial charge >= 0.3 is 0 Å². The fourth-order valence-electron chi connectivity index (χ4n) is 4.75. The van der Waals surface area contributed by atoms with E-state index in [2.05, 4.69) is 40.5 Å². The number of fused-ring (bicyclic) bond motifs is 1. The molecule has 3 aromatic carbocycles. The van der Waals surface area contributed by atoms with Gasteiger partial charge < -0.3 is 0 Å². The Balaban J connectivity index is 1.22. The van der Waals surface area contributed by atoms with Crippen LogP contribution in [-0.4, -0.2) is 67.8 Å². The highest BCUT2D eigenvalue weighted by atomic mass is 32.2. The van der Waals surface area contributed by atoms with Crippen LogP contribution in [0.4, 0.5) is 0 Å². The lowest BCUT2D eigenvalue weighted by Crippen LogP contribution is -2.52. The Morgan fingerprint density at radius 3 is 2.32 bits per heavy atom. The second-order valence-electron chi connectivity index (χ2n) is 8.40. The molecule has 0 N–H and O–H groups in total. The van der Waals surface area contributed by atoms with Gasteiger partial charge in [0.05, 0.1) is 4.90 Å². The average molecular weight is 435 g/mol. The maximum absolute atomic E-state index is 13.4. The van der Waals surface area contributed by atoms with Crippen LogP contribution >= 0.6 is 0 Å². The molecule has 0 bridgehead atoms. The van der Waals surface area contributed by atoms with Crippen molar-refractivity contribution >= 4 is 20.8 Å². The number of hydrogen-bond donors (Lipinski definition) is 0. The molecule has 3 aromatic rings. The summed E-state index contributed by atoms with van der Waals surface area (Å²) in [6, 6.07) is 24.2. The van der Waals surface area contributed by atoms with Crippen LogP contribution in [0.1, 0.15) is 5.56 Å². The smallest absolute Gasteiger partial charge is 0.243 e. The van der Waals surface area contributed by atoms with Crippen LogP contribution in [0, 0.1) is 6.42 Å². The van der Waals surface area contributed by atoms with E-state index < -0.39 is 10.0 Å². The second-order valence-corrected chi connectivity index (χ2v) is 10.3. The van der Waals surface area contributed by atoms with Crippen LogP contribution in [0.3, 0.4) is 0 Å². The first-order chi connectivity index (χ1) is 15.1. The number of benzene rings is 3. The predicted molar refractivity (Wildman–Crippen MR) is 124 cm³/mol. The van der Waals surface area contributed by atoms with Crippen molar-refractivity contribution in [2.24, 2.45) is 0 Å². The molecular formula is C25H28N3O2S. The number of piperazine rings is 1. The summed E-state index contributed by atoms with van der Waals surface area (Å²) in [6.07, 6.45) is 2.37. The quantitative estimate of drug-likeness (QED) is 0.619. The van der Waals surface area contributed by atoms with Crippen molar-refractivity contribution in [3.63, 3.8) is 0 Å². The van der Waals surface area contributed by atoms with Gasteiger partial charge in [-0.2, -0.15) is 4.31 Å². The van der Waals surface area contributed by atoms with Gasteiger partial charge in [0.2, 0.25) is 10.0 Å². The largest absolute Gasteiger partial charge is 0.297 e. The molecule has 161 valence electrons. The van der Waals surface area contributed by atoms with Gasteiger partial charge in [0.1, 0.15) is 0 Å². The lowest BCUT2D eigenvalue weighted by atomic mass is 10.1. The Hall–Kier alpha value is -2.25. The van der Waals surface area contributed by atoms with E-state index in [9.17, 15) is 8.42 Å². The van der Waals surface area contributed by atoms with Crippen molar-refractivity contribution < 1.29 is 8.42 Å². The lowest BCUT2D eigenvalue weighted by Gasteiger charge is -2.37. The molecule has 5 nitrogen and oxygen atoms in total. The lowest BCUT2D eigenvalue weighted by molar-refractivity contribution is 0.147. The SMILES string of the molecule is O=S(=O)(c1cccc2ccccc12)N1CCN(C2[CH]CN(Cc3ccccc3)C2)CC1. The Morgan fingerprint density at radius 2 is 1.52 bits per heavy atom. The van der Waals surface area contributed by atoms with Gasteiger partial charge in [-0.1, -0.05) is 66.7 Å². The topological polar surface area (TPSA) is 43.9 Å². The zero-order valence-corrected chi connectivity index (χ0v) is 18.4. The zero-order chi connectivity index (χ0) is 21.3. The fourth-order valence-corrected chi connectivity index (χ4v) is 6.39. The molecule has 1 unspecified atom stereocenters. The normalized spacial score (nSPS) is 21.6. The van der Waals surface area contributed by atoms with Crippen LogP contribution in [0.2, 0.25) is 0 Å². The number of rotatable bonds is 5. The molecule has 2 saturated heterocycles. The van der Waals surface area contributed by atoms with E-state index in [1.54, 1.807) is 10.4 Å². The molecule has 2 heterocycles. The Labute approximate surface area is 184 Å². The molecule has 1 atom stereocenters. The Morgan fingerprint density at radius 1 is 0.806 bits per heavy atom. The molecule has 5 rings (SSSR count). The molecule has 2 fully saturated rings. The van der Waals surface area contributed by atoms with Crippen molar-refractivity contribution in [3.05, 3.63) is 84.8 Å². The summed E-state index contributed by atoms with van der Waals surface area (Å²) in [7, 11) is -3.50. The maximum atomic E-state index is 13.4. The van der Waals surface area contributed by atoms with Crippen molar-refractivity contribution in [2.45, 2.75) is 17.5 Å². The van der Waals surface area contributed by atoms with Crippen molar-refractivity contribution in [1.82, 2.24) is 14.1 Å². The third-order valence-electron chi connectivity index (χ3n) is 6.44. The average Bonchev–Trinajstić information content (AvgIpc) is 3.28. The fraction of sp³-hybridized carbons (Fsp3) is 0.320. The number of likely N-dealkylation sites (tertiary alicyclic amines) is 1. The number of hydrogen-bond acceptors (Lipinski definition) is 4. The minimum atomic E-state index is -3.50. The summed E-state index contributed by atoms with van der Waals surface area (Å²) in [4.78, 5) is 5.31. The van der Waals surface area contributed by atoms with Crippen LogP contribution in [0.5, 0.6) is 0 Å². The van der Waals surface area contributed by atoms with Crippen molar-refractivity contribution in [1.29, 1.82) is 0 Å². The third-order valence-corrected chi connectivity index (χ3v) is 8.40. The number of nitrogens with zero attached hydrogens (tertiary/aromatic N) is 3. The summed E-state index contributed by atoms with van der Waals surface area (Å²) >= 11 is 0. The summed E-state index contributed by atoms with van der Waals surface area (Å²) < 4.78 is 28.4. The highest BCUT2D eigenvalue weighted by Gasteiger charge is 2.34. The maximum Gasteiger partial charge on any atom is 0.243 e. The molecule has 31 heavy (non-hydrogen) atoms. The van der Waals surface area contributed by atoms with E-state index >= 15 is 0 Å². The standard InChI is InChI=1S/C25H28N3O2S/c29-31(30,25-12-6-10-22-9-4-5-11-24(22)25)28-17-15-27(16-18-28)23-13-14-26(20-23)19-21-7-2-1-3-8-21/h1-13,23H,14-20H2. The summed E-state index contributed by atoms with van der Waals surface area (Å²) in [5.74, 6) is 0. The Kier molecular flexibility index (Phi) is 5.80. The summed E-state index contributed by atoms with van der Waals surface area (Å²) in [5.41, 5.74) is 1.34. The van der Waals surface area contributed by atoms with Gasteiger partial charge in [0.15, 0.2) is 0 Å². The number of sulfonamides is 1. The van der Waals surface area contributed by atoms with E-state index in [-0.39, 0.29) is 0 Å². The summed E-state index contributed by atoms with van der Waals surface area (Å²) in [5, 5.41) is 1.76. The van der Waals surface area contributed by atoms with Crippen molar-refractivity contribution in [2.75, 3.05) is 39.3 Å². The highest BCUT2D eigenvalue weighted by molar-refractivity contribution is 7.89. The van der Waals surface area contributed by atoms with E-state index in [1.165, 1.54) is 5.56 Å². The van der Waals surface area contributed by atoms with Crippen molar-refractivity contribution in [3.8, 4) is 0 Å². The van der Waals surface area contributed by atoms with E-state index in [1.807, 2.05) is 42.5 Å². The van der Waals surface area contributed by atoms with Crippen LogP contribution in [0.25, 0.3) is 10.8 Å². The van der Waals surface area contributed by atoms with Crippen LogP contribution in [0.15, 0.2) is 77.7 Å². The van der Waals surface area contributed by atoms with E-state index in [4.69, 9.17) is 0 Å². The van der Waals surface area contributed by atoms with E-state index in [0.717, 1.165) is 43.5 Å². The molecule has 0 amide bonds. The van der Waals surface area contributed by atoms with Gasteiger partial charge in [-0.25, -0.2) is 8.42 Å². The summed E-state index contributed by atoms with van der Waals surface area (Å²) in [6.45, 7) is 5.56. The predicted octanol–water partition coefficient (Wildman–Crippen LogP) is 3.23. The molecule has 0 spiro atoms. The molecular weight excluding hydrogens is 406 g/mol. The highest BCUT2D eigenvalue weighted by Crippen LogP contribution is 2.27. The monoisotopic (exact) mass is 434 g/mol. The molecule has 0 aliphatic carbocycles. The zero-order valence-electron chi connectivity index (χ0n) is 17.6. The van der Waals surface area contributed by atoms with Crippen LogP contribution in [-0.2, 0) is 16.6 Å². The van der Waals surface area contributed by atoms with E-state index in [0.29, 0.717) is 24.0 Å². The van der Waals surface area contributed by atoms with Gasteiger partial charge in [0.25, 0.3) is 0 Å². The first kappa shape index (κ1) is 20.6. The minimum absolute atomic E-state index is 0.395. The molecule has 6 heteroatoms. The molecule has 0 aromatic heterocycles. The van der Waals surface area contributed by atoms with Crippen LogP contribution < -0.4 is 0 Å². The molecule has 0 saturated carbocycles. The minimum Gasteiger partial charge on any atom is -0.297 e. The molecule has 2 aliphatic heterocycles. The van der Waals surface area contributed by atoms with Gasteiger partial charge in [-0.3, -0.25) is 9.80 Å². The van der Waals surface area contributed by atoms with Gasteiger partial charge in [-0.15, -0.1) is 0 Å².